The lowest BCUT2D eigenvalue weighted by atomic mass is 10.2. The van der Waals surface area contributed by atoms with Crippen LogP contribution in [0.5, 0.6) is 0 Å². The maximum Gasteiger partial charge on any atom is 0.350 e. The SMILES string of the molecule is COC(=O)c1cc(/C=C/C(=O)Nc2ccsc2C(=O)OC)oc1C. The van der Waals surface area contributed by atoms with Crippen LogP contribution in [0.3, 0.4) is 0 Å². The predicted molar refractivity (Wildman–Crippen MR) is 88.1 cm³/mol. The van der Waals surface area contributed by atoms with E-state index in [2.05, 4.69) is 14.8 Å². The third-order valence-corrected chi connectivity index (χ3v) is 3.93. The fraction of sp³-hybridized carbons (Fsp3) is 0.188. The fourth-order valence-corrected chi connectivity index (χ4v) is 2.66. The van der Waals surface area contributed by atoms with E-state index in [4.69, 9.17) is 4.42 Å². The molecule has 1 N–H and O–H groups in total. The lowest BCUT2D eigenvalue weighted by molar-refractivity contribution is -0.111. The Kier molecular flexibility index (Phi) is 5.54. The molecule has 1 amide bonds. The Labute approximate surface area is 141 Å². The Hall–Kier alpha value is -2.87. The summed E-state index contributed by atoms with van der Waals surface area (Å²) in [4.78, 5) is 35.3. The molecule has 0 aliphatic carbocycles. The van der Waals surface area contributed by atoms with Gasteiger partial charge in [-0.15, -0.1) is 11.3 Å². The molecule has 0 saturated heterocycles. The van der Waals surface area contributed by atoms with Gasteiger partial charge in [0.15, 0.2) is 0 Å². The van der Waals surface area contributed by atoms with Crippen LogP contribution in [-0.4, -0.2) is 32.1 Å². The van der Waals surface area contributed by atoms with Gasteiger partial charge in [-0.1, -0.05) is 0 Å². The molecule has 2 aromatic rings. The van der Waals surface area contributed by atoms with Crippen LogP contribution in [0.25, 0.3) is 6.08 Å². The summed E-state index contributed by atoms with van der Waals surface area (Å²) in [5.41, 5.74) is 0.663. The van der Waals surface area contributed by atoms with Gasteiger partial charge in [0, 0.05) is 6.08 Å². The first-order valence-electron chi connectivity index (χ1n) is 6.80. The molecule has 0 aromatic carbocycles. The summed E-state index contributed by atoms with van der Waals surface area (Å²) in [6.45, 7) is 1.62. The van der Waals surface area contributed by atoms with Crippen LogP contribution < -0.4 is 5.32 Å². The lowest BCUT2D eigenvalue weighted by Crippen LogP contribution is -2.10. The first kappa shape index (κ1) is 17.5. The van der Waals surface area contributed by atoms with Gasteiger partial charge >= 0.3 is 11.9 Å². The minimum absolute atomic E-state index is 0.295. The number of anilines is 1. The summed E-state index contributed by atoms with van der Waals surface area (Å²) in [7, 11) is 2.54. The Balaban J connectivity index is 2.08. The standard InChI is InChI=1S/C16H15NO6S/c1-9-11(15(19)21-2)8-10(23-9)4-5-13(18)17-12-6-7-24-14(12)16(20)22-3/h4-8H,1-3H3,(H,17,18)/b5-4+. The van der Waals surface area contributed by atoms with Crippen molar-refractivity contribution in [3.05, 3.63) is 45.5 Å². The molecule has 126 valence electrons. The molecule has 0 aliphatic heterocycles. The number of nitrogens with one attached hydrogen (secondary N) is 1. The Morgan fingerprint density at radius 1 is 1.21 bits per heavy atom. The molecule has 7 nitrogen and oxygen atoms in total. The number of ether oxygens (including phenoxy) is 2. The third-order valence-electron chi connectivity index (χ3n) is 3.04. The van der Waals surface area contributed by atoms with Crippen LogP contribution in [0, 0.1) is 6.92 Å². The van der Waals surface area contributed by atoms with Gasteiger partial charge < -0.3 is 19.2 Å². The second-order valence-electron chi connectivity index (χ2n) is 4.59. The van der Waals surface area contributed by atoms with Crippen LogP contribution in [0.1, 0.15) is 31.6 Å². The van der Waals surface area contributed by atoms with Crippen molar-refractivity contribution in [1.82, 2.24) is 0 Å². The number of esters is 2. The molecule has 8 heteroatoms. The van der Waals surface area contributed by atoms with Crippen LogP contribution in [0.2, 0.25) is 0 Å². The number of aryl methyl sites for hydroxylation is 1. The van der Waals surface area contributed by atoms with E-state index in [9.17, 15) is 14.4 Å². The molecule has 0 bridgehead atoms. The molecule has 0 atom stereocenters. The van der Waals surface area contributed by atoms with Gasteiger partial charge in [0.2, 0.25) is 5.91 Å². The Morgan fingerprint density at radius 3 is 2.58 bits per heavy atom. The molecule has 0 aliphatic rings. The minimum atomic E-state index is -0.520. The molecule has 0 spiro atoms. The number of hydrogen-bond donors (Lipinski definition) is 1. The van der Waals surface area contributed by atoms with Gasteiger partial charge in [0.1, 0.15) is 22.0 Å². The molecule has 2 heterocycles. The summed E-state index contributed by atoms with van der Waals surface area (Å²) < 4.78 is 14.6. The number of carbonyl (C=O) groups is 3. The maximum absolute atomic E-state index is 11.9. The number of methoxy groups -OCH3 is 2. The number of carbonyl (C=O) groups excluding carboxylic acids is 3. The van der Waals surface area contributed by atoms with Gasteiger partial charge in [-0.05, 0) is 30.5 Å². The van der Waals surface area contributed by atoms with Crippen molar-refractivity contribution in [2.75, 3.05) is 19.5 Å². The van der Waals surface area contributed by atoms with E-state index in [1.807, 2.05) is 0 Å². The fourth-order valence-electron chi connectivity index (χ4n) is 1.89. The number of amides is 1. The molecular formula is C16H15NO6S. The molecule has 0 fully saturated rings. The zero-order valence-electron chi connectivity index (χ0n) is 13.2. The highest BCUT2D eigenvalue weighted by Crippen LogP contribution is 2.23. The van der Waals surface area contributed by atoms with Crippen LogP contribution in [-0.2, 0) is 14.3 Å². The number of furan rings is 1. The second-order valence-corrected chi connectivity index (χ2v) is 5.50. The molecule has 2 rings (SSSR count). The minimum Gasteiger partial charge on any atom is -0.465 e. The normalized spacial score (nSPS) is 10.6. The molecule has 2 aromatic heterocycles. The van der Waals surface area contributed by atoms with Crippen LogP contribution in [0.4, 0.5) is 5.69 Å². The topological polar surface area (TPSA) is 94.8 Å². The highest BCUT2D eigenvalue weighted by Gasteiger charge is 2.16. The van der Waals surface area contributed by atoms with E-state index in [-0.39, 0.29) is 0 Å². The first-order chi connectivity index (χ1) is 11.5. The van der Waals surface area contributed by atoms with Crippen molar-refractivity contribution in [3.8, 4) is 0 Å². The molecule has 0 unspecified atom stereocenters. The van der Waals surface area contributed by atoms with Crippen molar-refractivity contribution < 1.29 is 28.3 Å². The average molecular weight is 349 g/mol. The van der Waals surface area contributed by atoms with Crippen molar-refractivity contribution in [2.45, 2.75) is 6.92 Å². The first-order valence-corrected chi connectivity index (χ1v) is 7.67. The highest BCUT2D eigenvalue weighted by atomic mass is 32.1. The summed E-state index contributed by atoms with van der Waals surface area (Å²) in [5, 5.41) is 4.25. The van der Waals surface area contributed by atoms with E-state index in [1.54, 1.807) is 18.4 Å². The summed E-state index contributed by atoms with van der Waals surface area (Å²) >= 11 is 1.17. The van der Waals surface area contributed by atoms with E-state index in [0.717, 1.165) is 0 Å². The van der Waals surface area contributed by atoms with E-state index in [0.29, 0.717) is 27.6 Å². The average Bonchev–Trinajstić information content (AvgIpc) is 3.18. The van der Waals surface area contributed by atoms with Gasteiger partial charge in [0.25, 0.3) is 0 Å². The maximum atomic E-state index is 11.9. The molecule has 24 heavy (non-hydrogen) atoms. The third kappa shape index (κ3) is 3.90. The van der Waals surface area contributed by atoms with Crippen molar-refractivity contribution >= 4 is 40.9 Å². The van der Waals surface area contributed by atoms with Crippen molar-refractivity contribution in [3.63, 3.8) is 0 Å². The summed E-state index contributed by atoms with van der Waals surface area (Å²) in [6.07, 6.45) is 2.65. The van der Waals surface area contributed by atoms with Gasteiger partial charge in [-0.2, -0.15) is 0 Å². The number of hydrogen-bond acceptors (Lipinski definition) is 7. The second kappa shape index (κ2) is 7.60. The smallest absolute Gasteiger partial charge is 0.350 e. The molecule has 0 saturated carbocycles. The zero-order valence-corrected chi connectivity index (χ0v) is 14.1. The monoisotopic (exact) mass is 349 g/mol. The summed E-state index contributed by atoms with van der Waals surface area (Å²) in [5.74, 6) is -0.753. The predicted octanol–water partition coefficient (Wildman–Crippen LogP) is 2.87. The Morgan fingerprint density at radius 2 is 1.92 bits per heavy atom. The number of rotatable bonds is 5. The van der Waals surface area contributed by atoms with Gasteiger partial charge in [-0.25, -0.2) is 9.59 Å². The van der Waals surface area contributed by atoms with Crippen LogP contribution in [0.15, 0.2) is 28.0 Å². The highest BCUT2D eigenvalue weighted by molar-refractivity contribution is 7.12. The molecular weight excluding hydrogens is 334 g/mol. The zero-order chi connectivity index (χ0) is 17.7. The largest absolute Gasteiger partial charge is 0.465 e. The summed E-state index contributed by atoms with van der Waals surface area (Å²) in [6, 6.07) is 3.09. The lowest BCUT2D eigenvalue weighted by Gasteiger charge is -2.02. The van der Waals surface area contributed by atoms with Crippen molar-refractivity contribution in [1.29, 1.82) is 0 Å². The molecule has 0 radical (unpaired) electrons. The van der Waals surface area contributed by atoms with E-state index >= 15 is 0 Å². The van der Waals surface area contributed by atoms with Crippen LogP contribution >= 0.6 is 11.3 Å². The van der Waals surface area contributed by atoms with E-state index < -0.39 is 17.8 Å². The van der Waals surface area contributed by atoms with Gasteiger partial charge in [0.05, 0.1) is 19.9 Å². The quantitative estimate of drug-likeness (QED) is 0.659. The number of thiophene rings is 1. The van der Waals surface area contributed by atoms with Gasteiger partial charge in [-0.3, -0.25) is 4.79 Å². The van der Waals surface area contributed by atoms with Crippen molar-refractivity contribution in [2.24, 2.45) is 0 Å². The Bertz CT molecular complexity index is 801. The van der Waals surface area contributed by atoms with E-state index in [1.165, 1.54) is 43.8 Å².